The van der Waals surface area contributed by atoms with Gasteiger partial charge < -0.3 is 14.4 Å². The van der Waals surface area contributed by atoms with E-state index < -0.39 is 0 Å². The largest absolute Gasteiger partial charge is 0.345 e. The average molecular weight is 556 g/mol. The monoisotopic (exact) mass is 555 g/mol. The summed E-state index contributed by atoms with van der Waals surface area (Å²) in [6, 6.07) is 22.8. The number of carbonyl (C=O) groups is 2. The summed E-state index contributed by atoms with van der Waals surface area (Å²) < 4.78 is 2.25. The standard InChI is InChI=1S/C36H49N3O2/c1-5-6-13-24-38(35(41)30-20-22-31(23-21-30)36(2,3)4)28-34(40)39(32-17-11-8-12-18-32)27-33-19-14-25-37(33)26-29-15-9-7-10-16-29/h7,9-10,14-16,19-23,25,32H,5-6,8,11-13,17-18,24,26-28H2,1-4H3. The highest BCUT2D eigenvalue weighted by Gasteiger charge is 2.29. The molecule has 4 rings (SSSR count). The van der Waals surface area contributed by atoms with Crippen molar-refractivity contribution in [3.8, 4) is 0 Å². The number of unbranched alkanes of at least 4 members (excludes halogenated alkanes) is 2. The summed E-state index contributed by atoms with van der Waals surface area (Å²) in [5, 5.41) is 0. The fourth-order valence-corrected chi connectivity index (χ4v) is 5.87. The molecular formula is C36H49N3O2. The van der Waals surface area contributed by atoms with E-state index in [1.54, 1.807) is 4.90 Å². The molecule has 2 amide bonds. The van der Waals surface area contributed by atoms with Crippen molar-refractivity contribution in [1.82, 2.24) is 14.4 Å². The van der Waals surface area contributed by atoms with E-state index >= 15 is 0 Å². The number of carbonyl (C=O) groups excluding carboxylic acids is 2. The summed E-state index contributed by atoms with van der Waals surface area (Å²) in [7, 11) is 0. The van der Waals surface area contributed by atoms with E-state index in [4.69, 9.17) is 0 Å². The minimum Gasteiger partial charge on any atom is -0.345 e. The number of nitrogens with zero attached hydrogens (tertiary/aromatic N) is 3. The molecule has 0 aliphatic heterocycles. The van der Waals surface area contributed by atoms with Crippen LogP contribution in [0.15, 0.2) is 72.9 Å². The van der Waals surface area contributed by atoms with Crippen molar-refractivity contribution in [3.05, 3.63) is 95.3 Å². The Hall–Kier alpha value is -3.34. The zero-order chi connectivity index (χ0) is 29.2. The molecule has 5 nitrogen and oxygen atoms in total. The third-order valence-corrected chi connectivity index (χ3v) is 8.43. The molecule has 0 atom stereocenters. The summed E-state index contributed by atoms with van der Waals surface area (Å²) in [6.07, 6.45) is 10.7. The van der Waals surface area contributed by atoms with Gasteiger partial charge in [0, 0.05) is 36.6 Å². The Morgan fingerprint density at radius 2 is 1.59 bits per heavy atom. The van der Waals surface area contributed by atoms with Gasteiger partial charge in [-0.1, -0.05) is 102 Å². The quantitative estimate of drug-likeness (QED) is 0.214. The van der Waals surface area contributed by atoms with Gasteiger partial charge in [0.05, 0.1) is 6.54 Å². The lowest BCUT2D eigenvalue weighted by atomic mass is 9.86. The first kappa shape index (κ1) is 30.6. The van der Waals surface area contributed by atoms with Crippen LogP contribution in [-0.2, 0) is 23.3 Å². The predicted octanol–water partition coefficient (Wildman–Crippen LogP) is 7.83. The van der Waals surface area contributed by atoms with Crippen LogP contribution in [0, 0.1) is 0 Å². The van der Waals surface area contributed by atoms with Gasteiger partial charge in [-0.05, 0) is 60.1 Å². The Bertz CT molecular complexity index is 1230. The maximum absolute atomic E-state index is 14.1. The smallest absolute Gasteiger partial charge is 0.254 e. The first-order chi connectivity index (χ1) is 19.8. The van der Waals surface area contributed by atoms with Crippen LogP contribution in [0.25, 0.3) is 0 Å². The highest BCUT2D eigenvalue weighted by Crippen LogP contribution is 2.26. The maximum atomic E-state index is 14.1. The zero-order valence-corrected chi connectivity index (χ0v) is 25.6. The van der Waals surface area contributed by atoms with Crippen molar-refractivity contribution in [1.29, 1.82) is 0 Å². The lowest BCUT2D eigenvalue weighted by Gasteiger charge is -2.36. The summed E-state index contributed by atoms with van der Waals surface area (Å²) in [5.74, 6) is 0.00600. The van der Waals surface area contributed by atoms with E-state index in [0.717, 1.165) is 57.2 Å². The number of amides is 2. The van der Waals surface area contributed by atoms with Crippen LogP contribution in [0.4, 0.5) is 0 Å². The molecule has 0 N–H and O–H groups in total. The molecule has 2 aromatic carbocycles. The van der Waals surface area contributed by atoms with Gasteiger partial charge in [-0.25, -0.2) is 0 Å². The molecule has 0 saturated heterocycles. The molecular weight excluding hydrogens is 506 g/mol. The molecule has 0 spiro atoms. The Morgan fingerprint density at radius 3 is 2.24 bits per heavy atom. The topological polar surface area (TPSA) is 45.6 Å². The molecule has 1 aliphatic carbocycles. The normalized spacial score (nSPS) is 14.1. The molecule has 1 aliphatic rings. The van der Waals surface area contributed by atoms with Gasteiger partial charge in [0.2, 0.25) is 5.91 Å². The lowest BCUT2D eigenvalue weighted by Crippen LogP contribution is -2.47. The molecule has 0 bridgehead atoms. The Labute approximate surface area is 247 Å². The Kier molecular flexibility index (Phi) is 10.8. The third kappa shape index (κ3) is 8.58. The summed E-state index contributed by atoms with van der Waals surface area (Å²) in [5.41, 5.74) is 4.25. The second kappa shape index (κ2) is 14.5. The molecule has 41 heavy (non-hydrogen) atoms. The summed E-state index contributed by atoms with van der Waals surface area (Å²) >= 11 is 0. The van der Waals surface area contributed by atoms with Crippen molar-refractivity contribution >= 4 is 11.8 Å². The Balaban J connectivity index is 1.54. The Morgan fingerprint density at radius 1 is 0.878 bits per heavy atom. The highest BCUT2D eigenvalue weighted by molar-refractivity contribution is 5.96. The van der Waals surface area contributed by atoms with E-state index in [0.29, 0.717) is 18.7 Å². The molecule has 1 fully saturated rings. The second-order valence-corrected chi connectivity index (χ2v) is 12.7. The fourth-order valence-electron chi connectivity index (χ4n) is 5.87. The molecule has 1 heterocycles. The SMILES string of the molecule is CCCCCN(CC(=O)N(Cc1cccn1Cc1ccccc1)C1CCCCC1)C(=O)c1ccc(C(C)(C)C)cc1. The van der Waals surface area contributed by atoms with Crippen molar-refractivity contribution in [2.75, 3.05) is 13.1 Å². The van der Waals surface area contributed by atoms with Crippen LogP contribution < -0.4 is 0 Å². The molecule has 0 unspecified atom stereocenters. The van der Waals surface area contributed by atoms with Gasteiger partial charge in [0.1, 0.15) is 6.54 Å². The highest BCUT2D eigenvalue weighted by atomic mass is 16.2. The van der Waals surface area contributed by atoms with Crippen LogP contribution >= 0.6 is 0 Å². The zero-order valence-electron chi connectivity index (χ0n) is 25.6. The van der Waals surface area contributed by atoms with E-state index in [1.165, 1.54) is 17.5 Å². The van der Waals surface area contributed by atoms with Crippen molar-refractivity contribution in [2.45, 2.75) is 104 Å². The fraction of sp³-hybridized carbons (Fsp3) is 0.500. The van der Waals surface area contributed by atoms with E-state index in [2.05, 4.69) is 91.9 Å². The molecule has 0 radical (unpaired) electrons. The summed E-state index contributed by atoms with van der Waals surface area (Å²) in [4.78, 5) is 31.8. The molecule has 3 aromatic rings. The van der Waals surface area contributed by atoms with Crippen LogP contribution in [-0.4, -0.2) is 45.3 Å². The van der Waals surface area contributed by atoms with Crippen molar-refractivity contribution < 1.29 is 9.59 Å². The molecule has 1 aromatic heterocycles. The van der Waals surface area contributed by atoms with Gasteiger partial charge in [-0.3, -0.25) is 9.59 Å². The van der Waals surface area contributed by atoms with Gasteiger partial charge in [0.25, 0.3) is 5.91 Å². The number of rotatable bonds is 12. The van der Waals surface area contributed by atoms with Gasteiger partial charge >= 0.3 is 0 Å². The number of hydrogen-bond donors (Lipinski definition) is 0. The van der Waals surface area contributed by atoms with E-state index in [9.17, 15) is 9.59 Å². The number of benzene rings is 2. The molecule has 220 valence electrons. The minimum absolute atomic E-state index is 0.0248. The van der Waals surface area contributed by atoms with Crippen LogP contribution in [0.1, 0.15) is 106 Å². The number of hydrogen-bond acceptors (Lipinski definition) is 2. The van der Waals surface area contributed by atoms with Crippen molar-refractivity contribution in [3.63, 3.8) is 0 Å². The maximum Gasteiger partial charge on any atom is 0.254 e. The molecule has 5 heteroatoms. The number of aromatic nitrogens is 1. The van der Waals surface area contributed by atoms with Crippen LogP contribution in [0.5, 0.6) is 0 Å². The molecule has 1 saturated carbocycles. The first-order valence-corrected chi connectivity index (χ1v) is 15.6. The van der Waals surface area contributed by atoms with E-state index in [-0.39, 0.29) is 29.8 Å². The van der Waals surface area contributed by atoms with Crippen LogP contribution in [0.2, 0.25) is 0 Å². The minimum atomic E-state index is -0.0500. The predicted molar refractivity (Wildman–Crippen MR) is 168 cm³/mol. The second-order valence-electron chi connectivity index (χ2n) is 12.7. The van der Waals surface area contributed by atoms with E-state index in [1.807, 2.05) is 18.2 Å². The van der Waals surface area contributed by atoms with Crippen molar-refractivity contribution in [2.24, 2.45) is 0 Å². The van der Waals surface area contributed by atoms with Gasteiger partial charge in [-0.15, -0.1) is 0 Å². The average Bonchev–Trinajstić information content (AvgIpc) is 3.42. The third-order valence-electron chi connectivity index (χ3n) is 8.43. The van der Waals surface area contributed by atoms with Crippen LogP contribution in [0.3, 0.4) is 0 Å². The summed E-state index contributed by atoms with van der Waals surface area (Å²) in [6.45, 7) is 10.8. The first-order valence-electron chi connectivity index (χ1n) is 15.6. The van der Waals surface area contributed by atoms with Gasteiger partial charge in [0.15, 0.2) is 0 Å². The lowest BCUT2D eigenvalue weighted by molar-refractivity contribution is -0.135. The van der Waals surface area contributed by atoms with Gasteiger partial charge in [-0.2, -0.15) is 0 Å².